The highest BCUT2D eigenvalue weighted by molar-refractivity contribution is 5.74. The van der Waals surface area contributed by atoms with Gasteiger partial charge in [0, 0.05) is 32.7 Å². The molecule has 0 aromatic carbocycles. The van der Waals surface area contributed by atoms with Gasteiger partial charge in [-0.3, -0.25) is 0 Å². The van der Waals surface area contributed by atoms with E-state index in [2.05, 4.69) is 5.32 Å². The van der Waals surface area contributed by atoms with Crippen LogP contribution >= 0.6 is 0 Å². The molecule has 0 saturated carbocycles. The molecular weight excluding hydrogens is 226 g/mol. The van der Waals surface area contributed by atoms with Crippen LogP contribution in [0.3, 0.4) is 0 Å². The van der Waals surface area contributed by atoms with E-state index in [4.69, 9.17) is 9.84 Å². The van der Waals surface area contributed by atoms with Gasteiger partial charge in [-0.1, -0.05) is 0 Å². The molecule has 1 rings (SSSR count). The number of piperazine rings is 1. The van der Waals surface area contributed by atoms with E-state index in [9.17, 15) is 9.59 Å². The van der Waals surface area contributed by atoms with E-state index >= 15 is 0 Å². The summed E-state index contributed by atoms with van der Waals surface area (Å²) in [7, 11) is 0. The van der Waals surface area contributed by atoms with Crippen LogP contribution in [-0.4, -0.2) is 73.0 Å². The quantitative estimate of drug-likeness (QED) is 0.700. The number of ether oxygens (including phenoxy) is 1. The van der Waals surface area contributed by atoms with Crippen molar-refractivity contribution in [2.24, 2.45) is 0 Å². The zero-order chi connectivity index (χ0) is 12.7. The van der Waals surface area contributed by atoms with Crippen molar-refractivity contribution in [2.45, 2.75) is 6.92 Å². The number of nitrogens with one attached hydrogen (secondary N) is 1. The van der Waals surface area contributed by atoms with Crippen LogP contribution in [0.1, 0.15) is 6.92 Å². The van der Waals surface area contributed by atoms with Crippen LogP contribution in [0, 0.1) is 0 Å². The third-order valence-corrected chi connectivity index (χ3v) is 2.47. The minimum Gasteiger partial charge on any atom is -0.447 e. The van der Waals surface area contributed by atoms with Crippen molar-refractivity contribution in [1.29, 1.82) is 0 Å². The van der Waals surface area contributed by atoms with E-state index in [1.165, 1.54) is 4.90 Å². The lowest BCUT2D eigenvalue weighted by molar-refractivity contribution is 0.0689. The van der Waals surface area contributed by atoms with Crippen LogP contribution in [-0.2, 0) is 4.74 Å². The van der Waals surface area contributed by atoms with Crippen LogP contribution in [0.2, 0.25) is 0 Å². The molecule has 0 atom stereocenters. The Morgan fingerprint density at radius 1 is 1.24 bits per heavy atom. The van der Waals surface area contributed by atoms with Crippen LogP contribution in [0.15, 0.2) is 0 Å². The number of carbonyl (C=O) groups excluding carboxylic acids is 2. The molecule has 1 fully saturated rings. The van der Waals surface area contributed by atoms with Gasteiger partial charge in [-0.25, -0.2) is 9.59 Å². The predicted molar refractivity (Wildman–Crippen MR) is 60.7 cm³/mol. The molecule has 0 aliphatic carbocycles. The highest BCUT2D eigenvalue weighted by atomic mass is 16.6. The molecule has 2 N–H and O–H groups in total. The number of hydrogen-bond donors (Lipinski definition) is 2. The number of carbonyl (C=O) groups is 2. The van der Waals surface area contributed by atoms with Gasteiger partial charge in [0.2, 0.25) is 0 Å². The second-order valence-electron chi connectivity index (χ2n) is 3.65. The molecule has 7 heteroatoms. The number of urea groups is 1. The van der Waals surface area contributed by atoms with Crippen molar-refractivity contribution < 1.29 is 19.4 Å². The van der Waals surface area contributed by atoms with Crippen molar-refractivity contribution in [3.63, 3.8) is 0 Å². The number of hydrogen-bond acceptors (Lipinski definition) is 4. The second kappa shape index (κ2) is 6.95. The van der Waals surface area contributed by atoms with Gasteiger partial charge in [-0.2, -0.15) is 0 Å². The summed E-state index contributed by atoms with van der Waals surface area (Å²) in [4.78, 5) is 26.1. The van der Waals surface area contributed by atoms with Gasteiger partial charge in [0.05, 0.1) is 6.61 Å². The van der Waals surface area contributed by atoms with Gasteiger partial charge < -0.3 is 25.0 Å². The second-order valence-corrected chi connectivity index (χ2v) is 3.65. The molecule has 0 bridgehead atoms. The molecule has 0 aromatic rings. The molecule has 0 unspecified atom stereocenters. The molecule has 7 nitrogen and oxygen atoms in total. The normalized spacial score (nSPS) is 15.6. The van der Waals surface area contributed by atoms with E-state index in [0.29, 0.717) is 32.7 Å². The van der Waals surface area contributed by atoms with E-state index in [0.717, 1.165) is 0 Å². The zero-order valence-electron chi connectivity index (χ0n) is 10.0. The molecular formula is C10H19N3O4. The Hall–Kier alpha value is -1.50. The van der Waals surface area contributed by atoms with E-state index < -0.39 is 6.09 Å². The summed E-state index contributed by atoms with van der Waals surface area (Å²) in [5.74, 6) is 0. The number of amides is 3. The number of aliphatic hydroxyl groups is 1. The molecule has 17 heavy (non-hydrogen) atoms. The lowest BCUT2D eigenvalue weighted by atomic mass is 10.3. The molecule has 0 radical (unpaired) electrons. The van der Waals surface area contributed by atoms with Crippen molar-refractivity contribution in [3.05, 3.63) is 0 Å². The first-order valence-electron chi connectivity index (χ1n) is 5.74. The highest BCUT2D eigenvalue weighted by Crippen LogP contribution is 2.03. The van der Waals surface area contributed by atoms with E-state index in [1.54, 1.807) is 4.90 Å². The summed E-state index contributed by atoms with van der Waals surface area (Å²) in [6, 6.07) is -0.101. The Labute approximate surface area is 100 Å². The Morgan fingerprint density at radius 3 is 2.35 bits per heavy atom. The fraction of sp³-hybridized carbons (Fsp3) is 0.800. The average Bonchev–Trinajstić information content (AvgIpc) is 2.36. The first kappa shape index (κ1) is 13.6. The van der Waals surface area contributed by atoms with Gasteiger partial charge in [0.25, 0.3) is 0 Å². The van der Waals surface area contributed by atoms with Crippen LogP contribution in [0.4, 0.5) is 9.59 Å². The fourth-order valence-electron chi connectivity index (χ4n) is 1.58. The Kier molecular flexibility index (Phi) is 5.55. The number of nitrogens with zero attached hydrogens (tertiary/aromatic N) is 2. The fourth-order valence-corrected chi connectivity index (χ4v) is 1.58. The maximum Gasteiger partial charge on any atom is 0.409 e. The van der Waals surface area contributed by atoms with Crippen molar-refractivity contribution in [3.8, 4) is 0 Å². The van der Waals surface area contributed by atoms with Gasteiger partial charge >= 0.3 is 12.1 Å². The first-order chi connectivity index (χ1) is 8.19. The molecule has 1 aliphatic rings. The molecule has 98 valence electrons. The maximum atomic E-state index is 11.5. The lowest BCUT2D eigenvalue weighted by Gasteiger charge is -2.33. The third kappa shape index (κ3) is 4.10. The van der Waals surface area contributed by atoms with Crippen molar-refractivity contribution >= 4 is 12.1 Å². The monoisotopic (exact) mass is 245 g/mol. The first-order valence-corrected chi connectivity index (χ1v) is 5.74. The molecule has 1 saturated heterocycles. The van der Waals surface area contributed by atoms with Gasteiger partial charge in [-0.15, -0.1) is 0 Å². The van der Waals surface area contributed by atoms with Gasteiger partial charge in [-0.05, 0) is 6.92 Å². The molecule has 0 aromatic heterocycles. The summed E-state index contributed by atoms with van der Waals surface area (Å²) in [5, 5.41) is 11.2. The molecule has 1 aliphatic heterocycles. The smallest absolute Gasteiger partial charge is 0.409 e. The van der Waals surface area contributed by atoms with Crippen molar-refractivity contribution in [1.82, 2.24) is 15.1 Å². The SMILES string of the molecule is CCNC(=O)N1CCN(C(=O)OCCO)CC1. The van der Waals surface area contributed by atoms with E-state index in [-0.39, 0.29) is 19.2 Å². The highest BCUT2D eigenvalue weighted by Gasteiger charge is 2.24. The molecule has 1 heterocycles. The predicted octanol–water partition coefficient (Wildman–Crippen LogP) is -0.538. The van der Waals surface area contributed by atoms with Crippen LogP contribution in [0.5, 0.6) is 0 Å². The summed E-state index contributed by atoms with van der Waals surface area (Å²) in [5.41, 5.74) is 0. The van der Waals surface area contributed by atoms with Gasteiger partial charge in [0.1, 0.15) is 6.61 Å². The minimum absolute atomic E-state index is 0.00929. The number of rotatable bonds is 3. The Morgan fingerprint density at radius 2 is 1.82 bits per heavy atom. The van der Waals surface area contributed by atoms with Gasteiger partial charge in [0.15, 0.2) is 0 Å². The summed E-state index contributed by atoms with van der Waals surface area (Å²) < 4.78 is 4.79. The molecule has 0 spiro atoms. The average molecular weight is 245 g/mol. The summed E-state index contributed by atoms with van der Waals surface area (Å²) in [6.45, 7) is 4.21. The van der Waals surface area contributed by atoms with Crippen molar-refractivity contribution in [2.75, 3.05) is 45.9 Å². The zero-order valence-corrected chi connectivity index (χ0v) is 10.0. The Balaban J connectivity index is 2.30. The third-order valence-electron chi connectivity index (χ3n) is 2.47. The Bertz CT molecular complexity index is 264. The summed E-state index contributed by atoms with van der Waals surface area (Å²) in [6.07, 6.45) is -0.436. The minimum atomic E-state index is -0.436. The largest absolute Gasteiger partial charge is 0.447 e. The standard InChI is InChI=1S/C10H19N3O4/c1-2-11-9(15)12-3-5-13(6-4-12)10(16)17-8-7-14/h14H,2-8H2,1H3,(H,11,15). The lowest BCUT2D eigenvalue weighted by Crippen LogP contribution is -2.53. The topological polar surface area (TPSA) is 82.1 Å². The maximum absolute atomic E-state index is 11.5. The van der Waals surface area contributed by atoms with E-state index in [1.807, 2.05) is 6.92 Å². The summed E-state index contributed by atoms with van der Waals surface area (Å²) >= 11 is 0. The molecule has 3 amide bonds. The van der Waals surface area contributed by atoms with Crippen LogP contribution in [0.25, 0.3) is 0 Å². The van der Waals surface area contributed by atoms with Crippen LogP contribution < -0.4 is 5.32 Å². The number of aliphatic hydroxyl groups excluding tert-OH is 1.